The Morgan fingerprint density at radius 2 is 2.04 bits per heavy atom. The van der Waals surface area contributed by atoms with Crippen LogP contribution in [-0.4, -0.2) is 35.7 Å². The molecule has 0 bridgehead atoms. The van der Waals surface area contributed by atoms with Gasteiger partial charge in [-0.2, -0.15) is 0 Å². The largest absolute Gasteiger partial charge is 0.477 e. The first-order valence-electron chi connectivity index (χ1n) is 8.32. The van der Waals surface area contributed by atoms with E-state index < -0.39 is 10.8 Å². The van der Waals surface area contributed by atoms with E-state index in [0.717, 1.165) is 17.4 Å². The molecule has 3 rings (SSSR count). The SMILES string of the molecule is COCCn1ccc2cc(NC(=O)COc3ccccc3[N+](=O)[O-])ccc21. The number of nitro benzene ring substituents is 1. The van der Waals surface area contributed by atoms with Crippen LogP contribution in [0.15, 0.2) is 54.7 Å². The lowest BCUT2D eigenvalue weighted by Crippen LogP contribution is -2.20. The van der Waals surface area contributed by atoms with Crippen molar-refractivity contribution >= 4 is 28.2 Å². The number of methoxy groups -OCH3 is 1. The van der Waals surface area contributed by atoms with E-state index >= 15 is 0 Å². The summed E-state index contributed by atoms with van der Waals surface area (Å²) in [5.74, 6) is -0.338. The number of carbonyl (C=O) groups excluding carboxylic acids is 1. The van der Waals surface area contributed by atoms with Gasteiger partial charge >= 0.3 is 5.69 Å². The summed E-state index contributed by atoms with van der Waals surface area (Å²) in [7, 11) is 1.66. The number of benzene rings is 2. The van der Waals surface area contributed by atoms with Crippen LogP contribution in [0.3, 0.4) is 0 Å². The Balaban J connectivity index is 1.63. The van der Waals surface area contributed by atoms with Crippen LogP contribution in [-0.2, 0) is 16.1 Å². The van der Waals surface area contributed by atoms with E-state index in [2.05, 4.69) is 9.88 Å². The number of anilines is 1. The van der Waals surface area contributed by atoms with E-state index in [1.165, 1.54) is 12.1 Å². The zero-order valence-electron chi connectivity index (χ0n) is 14.8. The molecule has 0 unspecified atom stereocenters. The first kappa shape index (κ1) is 18.4. The molecule has 2 aromatic carbocycles. The van der Waals surface area contributed by atoms with Crippen LogP contribution in [0.1, 0.15) is 0 Å². The van der Waals surface area contributed by atoms with Gasteiger partial charge in [0.25, 0.3) is 5.91 Å². The molecule has 1 N–H and O–H groups in total. The number of carbonyl (C=O) groups is 1. The fourth-order valence-corrected chi connectivity index (χ4v) is 2.73. The molecule has 0 aliphatic heterocycles. The summed E-state index contributed by atoms with van der Waals surface area (Å²) in [6.45, 7) is 1.04. The fourth-order valence-electron chi connectivity index (χ4n) is 2.73. The van der Waals surface area contributed by atoms with Crippen molar-refractivity contribution < 1.29 is 19.2 Å². The summed E-state index contributed by atoms with van der Waals surface area (Å²) in [5.41, 5.74) is 1.49. The average molecular weight is 369 g/mol. The lowest BCUT2D eigenvalue weighted by molar-refractivity contribution is -0.385. The number of nitro groups is 1. The molecular weight excluding hydrogens is 350 g/mol. The maximum absolute atomic E-state index is 12.1. The smallest absolute Gasteiger partial charge is 0.310 e. The number of amides is 1. The van der Waals surface area contributed by atoms with Crippen LogP contribution in [0.25, 0.3) is 10.9 Å². The van der Waals surface area contributed by atoms with Crippen molar-refractivity contribution in [2.45, 2.75) is 6.54 Å². The molecular formula is C19H19N3O5. The lowest BCUT2D eigenvalue weighted by atomic mass is 10.2. The molecule has 3 aromatic rings. The van der Waals surface area contributed by atoms with Gasteiger partial charge in [0, 0.05) is 42.5 Å². The van der Waals surface area contributed by atoms with Crippen LogP contribution in [0.5, 0.6) is 5.75 Å². The minimum Gasteiger partial charge on any atom is -0.477 e. The van der Waals surface area contributed by atoms with Gasteiger partial charge in [0.1, 0.15) is 0 Å². The molecule has 0 radical (unpaired) electrons. The number of hydrogen-bond donors (Lipinski definition) is 1. The van der Waals surface area contributed by atoms with Crippen molar-refractivity contribution in [3.05, 3.63) is 64.8 Å². The fraction of sp³-hybridized carbons (Fsp3) is 0.211. The summed E-state index contributed by atoms with van der Waals surface area (Å²) in [5, 5.41) is 14.7. The second-order valence-corrected chi connectivity index (χ2v) is 5.84. The zero-order chi connectivity index (χ0) is 19.2. The third-order valence-electron chi connectivity index (χ3n) is 4.01. The Bertz CT molecular complexity index is 967. The summed E-state index contributed by atoms with van der Waals surface area (Å²) in [4.78, 5) is 22.5. The normalized spacial score (nSPS) is 10.7. The first-order valence-corrected chi connectivity index (χ1v) is 8.32. The summed E-state index contributed by atoms with van der Waals surface area (Å²) < 4.78 is 12.5. The van der Waals surface area contributed by atoms with Crippen LogP contribution >= 0.6 is 0 Å². The molecule has 140 valence electrons. The Morgan fingerprint density at radius 1 is 1.22 bits per heavy atom. The Morgan fingerprint density at radius 3 is 2.81 bits per heavy atom. The molecule has 0 saturated heterocycles. The van der Waals surface area contributed by atoms with Gasteiger partial charge in [0.2, 0.25) is 0 Å². The van der Waals surface area contributed by atoms with Crippen molar-refractivity contribution in [2.24, 2.45) is 0 Å². The van der Waals surface area contributed by atoms with Crippen LogP contribution < -0.4 is 10.1 Å². The average Bonchev–Trinajstić information content (AvgIpc) is 3.07. The topological polar surface area (TPSA) is 95.6 Å². The maximum atomic E-state index is 12.1. The predicted molar refractivity (Wildman–Crippen MR) is 101 cm³/mol. The van der Waals surface area contributed by atoms with Gasteiger partial charge in [0.15, 0.2) is 12.4 Å². The minimum atomic E-state index is -0.546. The highest BCUT2D eigenvalue weighted by atomic mass is 16.6. The third-order valence-corrected chi connectivity index (χ3v) is 4.01. The monoisotopic (exact) mass is 369 g/mol. The molecule has 1 heterocycles. The Kier molecular flexibility index (Phi) is 5.68. The van der Waals surface area contributed by atoms with E-state index in [0.29, 0.717) is 12.3 Å². The molecule has 1 aromatic heterocycles. The molecule has 0 fully saturated rings. The second kappa shape index (κ2) is 8.33. The third kappa shape index (κ3) is 4.42. The molecule has 0 atom stereocenters. The second-order valence-electron chi connectivity index (χ2n) is 5.84. The van der Waals surface area contributed by atoms with E-state index in [4.69, 9.17) is 9.47 Å². The van der Waals surface area contributed by atoms with Gasteiger partial charge in [0.05, 0.1) is 11.5 Å². The van der Waals surface area contributed by atoms with Crippen molar-refractivity contribution in [1.82, 2.24) is 4.57 Å². The first-order chi connectivity index (χ1) is 13.1. The molecule has 0 aliphatic rings. The van der Waals surface area contributed by atoms with Crippen molar-refractivity contribution in [2.75, 3.05) is 25.6 Å². The molecule has 1 amide bonds. The minimum absolute atomic E-state index is 0.0586. The van der Waals surface area contributed by atoms with Gasteiger partial charge < -0.3 is 19.4 Å². The number of ether oxygens (including phenoxy) is 2. The number of para-hydroxylation sites is 2. The number of rotatable bonds is 8. The number of hydrogen-bond acceptors (Lipinski definition) is 5. The highest BCUT2D eigenvalue weighted by molar-refractivity contribution is 5.94. The van der Waals surface area contributed by atoms with Crippen LogP contribution in [0.2, 0.25) is 0 Å². The van der Waals surface area contributed by atoms with E-state index in [1.54, 1.807) is 25.3 Å². The maximum Gasteiger partial charge on any atom is 0.310 e. The quantitative estimate of drug-likeness (QED) is 0.486. The number of fused-ring (bicyclic) bond motifs is 1. The van der Waals surface area contributed by atoms with Gasteiger partial charge in [-0.25, -0.2) is 0 Å². The van der Waals surface area contributed by atoms with Gasteiger partial charge in [-0.3, -0.25) is 14.9 Å². The molecule has 8 nitrogen and oxygen atoms in total. The number of nitrogens with zero attached hydrogens (tertiary/aromatic N) is 2. The molecule has 0 spiro atoms. The molecule has 0 saturated carbocycles. The van der Waals surface area contributed by atoms with E-state index in [1.807, 2.05) is 24.4 Å². The van der Waals surface area contributed by atoms with Crippen molar-refractivity contribution in [1.29, 1.82) is 0 Å². The Labute approximate surface area is 155 Å². The van der Waals surface area contributed by atoms with Gasteiger partial charge in [-0.1, -0.05) is 12.1 Å². The Hall–Kier alpha value is -3.39. The summed E-state index contributed by atoms with van der Waals surface area (Å²) in [6, 6.07) is 13.5. The van der Waals surface area contributed by atoms with E-state index in [9.17, 15) is 14.9 Å². The molecule has 8 heteroatoms. The highest BCUT2D eigenvalue weighted by Gasteiger charge is 2.15. The van der Waals surface area contributed by atoms with E-state index in [-0.39, 0.29) is 18.0 Å². The predicted octanol–water partition coefficient (Wildman–Crippen LogP) is 3.21. The van der Waals surface area contributed by atoms with Crippen LogP contribution in [0, 0.1) is 10.1 Å². The summed E-state index contributed by atoms with van der Waals surface area (Å²) in [6.07, 6.45) is 1.97. The van der Waals surface area contributed by atoms with Crippen LogP contribution in [0.4, 0.5) is 11.4 Å². The highest BCUT2D eigenvalue weighted by Crippen LogP contribution is 2.26. The zero-order valence-corrected chi connectivity index (χ0v) is 14.8. The number of nitrogens with one attached hydrogen (secondary N) is 1. The van der Waals surface area contributed by atoms with Gasteiger partial charge in [-0.05, 0) is 30.3 Å². The van der Waals surface area contributed by atoms with Crippen molar-refractivity contribution in [3.8, 4) is 5.75 Å². The summed E-state index contributed by atoms with van der Waals surface area (Å²) >= 11 is 0. The molecule has 27 heavy (non-hydrogen) atoms. The van der Waals surface area contributed by atoms with Crippen molar-refractivity contribution in [3.63, 3.8) is 0 Å². The number of aromatic nitrogens is 1. The van der Waals surface area contributed by atoms with Gasteiger partial charge in [-0.15, -0.1) is 0 Å². The standard InChI is InChI=1S/C19H19N3O5/c1-26-11-10-21-9-8-14-12-15(6-7-16(14)21)20-19(23)13-27-18-5-3-2-4-17(18)22(24)25/h2-9,12H,10-11,13H2,1H3,(H,20,23). The molecule has 0 aliphatic carbocycles. The lowest BCUT2D eigenvalue weighted by Gasteiger charge is -2.09.